The fraction of sp³-hybridized carbons (Fsp3) is 0.278. The van der Waals surface area contributed by atoms with E-state index in [1.54, 1.807) is 31.2 Å². The molecule has 0 spiro atoms. The lowest BCUT2D eigenvalue weighted by Gasteiger charge is -2.16. The van der Waals surface area contributed by atoms with Gasteiger partial charge in [0, 0.05) is 24.3 Å². The number of aryl methyl sites for hydroxylation is 1. The highest BCUT2D eigenvalue weighted by molar-refractivity contribution is 6.09. The number of carbonyl (C=O) groups is 1. The van der Waals surface area contributed by atoms with Crippen LogP contribution in [0.3, 0.4) is 0 Å². The second-order valence-electron chi connectivity index (χ2n) is 6.00. The van der Waals surface area contributed by atoms with E-state index in [0.29, 0.717) is 27.9 Å². The first-order valence-electron chi connectivity index (χ1n) is 7.96. The van der Waals surface area contributed by atoms with Gasteiger partial charge in [0.05, 0.1) is 10.9 Å². The molecule has 122 valence electrons. The standard InChI is InChI=1S/C18H16FN3O2/c1-11-10-13(18(23)22-8-4-5-9-22)15-16(21-24-17(15)20-11)12-6-2-3-7-14(12)19/h2-3,6-7,10H,4-5,8-9H2,1H3. The van der Waals surface area contributed by atoms with Crippen LogP contribution in [0.2, 0.25) is 0 Å². The highest BCUT2D eigenvalue weighted by atomic mass is 19.1. The number of hydrogen-bond donors (Lipinski definition) is 0. The van der Waals surface area contributed by atoms with Gasteiger partial charge in [0.2, 0.25) is 0 Å². The number of rotatable bonds is 2. The number of benzene rings is 1. The SMILES string of the molecule is Cc1cc(C(=O)N2CCCC2)c2c(-c3ccccc3F)noc2n1. The summed E-state index contributed by atoms with van der Waals surface area (Å²) < 4.78 is 19.5. The smallest absolute Gasteiger partial charge is 0.259 e. The van der Waals surface area contributed by atoms with Crippen molar-refractivity contribution >= 4 is 17.0 Å². The van der Waals surface area contributed by atoms with Crippen molar-refractivity contribution in [3.05, 3.63) is 47.4 Å². The number of carbonyl (C=O) groups excluding carboxylic acids is 1. The van der Waals surface area contributed by atoms with Crippen molar-refractivity contribution < 1.29 is 13.7 Å². The first kappa shape index (κ1) is 14.8. The Labute approximate surface area is 138 Å². The second kappa shape index (κ2) is 5.70. The Hall–Kier alpha value is -2.76. The van der Waals surface area contributed by atoms with Crippen molar-refractivity contribution in [3.8, 4) is 11.3 Å². The molecule has 24 heavy (non-hydrogen) atoms. The summed E-state index contributed by atoms with van der Waals surface area (Å²) in [6.07, 6.45) is 2.01. The van der Waals surface area contributed by atoms with Gasteiger partial charge in [-0.25, -0.2) is 9.37 Å². The Bertz CT molecular complexity index is 929. The number of likely N-dealkylation sites (tertiary alicyclic amines) is 1. The number of aromatic nitrogens is 2. The van der Waals surface area contributed by atoms with Gasteiger partial charge in [-0.05, 0) is 38.0 Å². The summed E-state index contributed by atoms with van der Waals surface area (Å²) in [6.45, 7) is 3.27. The number of pyridine rings is 1. The molecule has 1 aliphatic heterocycles. The third-order valence-corrected chi connectivity index (χ3v) is 4.33. The molecule has 1 fully saturated rings. The van der Waals surface area contributed by atoms with Crippen LogP contribution in [0.15, 0.2) is 34.9 Å². The number of amides is 1. The van der Waals surface area contributed by atoms with Gasteiger partial charge in [0.25, 0.3) is 11.6 Å². The molecule has 1 aliphatic rings. The van der Waals surface area contributed by atoms with Crippen molar-refractivity contribution in [1.29, 1.82) is 0 Å². The summed E-state index contributed by atoms with van der Waals surface area (Å²) in [5.41, 5.74) is 2.02. The highest BCUT2D eigenvalue weighted by Gasteiger charge is 2.26. The average Bonchev–Trinajstić information content (AvgIpc) is 3.23. The van der Waals surface area contributed by atoms with E-state index in [1.165, 1.54) is 6.07 Å². The fourth-order valence-corrected chi connectivity index (χ4v) is 3.17. The molecule has 1 aromatic carbocycles. The molecule has 0 aliphatic carbocycles. The van der Waals surface area contributed by atoms with Gasteiger partial charge in [-0.2, -0.15) is 0 Å². The summed E-state index contributed by atoms with van der Waals surface area (Å²) >= 11 is 0. The molecule has 0 atom stereocenters. The van der Waals surface area contributed by atoms with E-state index >= 15 is 0 Å². The lowest BCUT2D eigenvalue weighted by molar-refractivity contribution is 0.0794. The Balaban J connectivity index is 1.94. The van der Waals surface area contributed by atoms with Crippen LogP contribution in [0, 0.1) is 12.7 Å². The maximum absolute atomic E-state index is 14.2. The molecule has 4 rings (SSSR count). The molecule has 5 nitrogen and oxygen atoms in total. The van der Waals surface area contributed by atoms with Gasteiger partial charge in [-0.15, -0.1) is 0 Å². The van der Waals surface area contributed by atoms with Crippen molar-refractivity contribution in [2.24, 2.45) is 0 Å². The minimum Gasteiger partial charge on any atom is -0.339 e. The summed E-state index contributed by atoms with van der Waals surface area (Å²) in [7, 11) is 0. The number of halogens is 1. The zero-order chi connectivity index (χ0) is 16.7. The van der Waals surface area contributed by atoms with E-state index in [9.17, 15) is 9.18 Å². The summed E-state index contributed by atoms with van der Waals surface area (Å²) in [5, 5.41) is 4.46. The summed E-state index contributed by atoms with van der Waals surface area (Å²) in [4.78, 5) is 19.0. The van der Waals surface area contributed by atoms with E-state index in [0.717, 1.165) is 25.9 Å². The van der Waals surface area contributed by atoms with Crippen LogP contribution in [-0.4, -0.2) is 34.0 Å². The van der Waals surface area contributed by atoms with Crippen LogP contribution >= 0.6 is 0 Å². The number of nitrogens with zero attached hydrogens (tertiary/aromatic N) is 3. The Morgan fingerprint density at radius 2 is 2.00 bits per heavy atom. The summed E-state index contributed by atoms with van der Waals surface area (Å²) in [5.74, 6) is -0.489. The number of fused-ring (bicyclic) bond motifs is 1. The normalized spacial score (nSPS) is 14.5. The summed E-state index contributed by atoms with van der Waals surface area (Å²) in [6, 6.07) is 8.04. The van der Waals surface area contributed by atoms with Gasteiger partial charge in [-0.1, -0.05) is 17.3 Å². The Morgan fingerprint density at radius 3 is 2.75 bits per heavy atom. The highest BCUT2D eigenvalue weighted by Crippen LogP contribution is 2.32. The lowest BCUT2D eigenvalue weighted by atomic mass is 10.0. The van der Waals surface area contributed by atoms with Crippen LogP contribution in [0.5, 0.6) is 0 Å². The molecule has 1 amide bonds. The molecule has 0 saturated carbocycles. The van der Waals surface area contributed by atoms with E-state index in [4.69, 9.17) is 4.52 Å². The molecular formula is C18H16FN3O2. The molecule has 3 heterocycles. The first-order valence-corrected chi connectivity index (χ1v) is 7.96. The molecule has 1 saturated heterocycles. The number of hydrogen-bond acceptors (Lipinski definition) is 4. The third-order valence-electron chi connectivity index (χ3n) is 4.33. The molecule has 0 unspecified atom stereocenters. The van der Waals surface area contributed by atoms with Crippen molar-refractivity contribution in [2.75, 3.05) is 13.1 Å². The van der Waals surface area contributed by atoms with Crippen LogP contribution in [0.1, 0.15) is 28.9 Å². The molecule has 0 radical (unpaired) electrons. The molecule has 6 heteroatoms. The van der Waals surface area contributed by atoms with Crippen molar-refractivity contribution in [1.82, 2.24) is 15.0 Å². The van der Waals surface area contributed by atoms with Gasteiger partial charge in [0.1, 0.15) is 11.5 Å². The molecule has 3 aromatic rings. The van der Waals surface area contributed by atoms with Crippen LogP contribution in [0.4, 0.5) is 4.39 Å². The lowest BCUT2D eigenvalue weighted by Crippen LogP contribution is -2.28. The van der Waals surface area contributed by atoms with Crippen LogP contribution in [0.25, 0.3) is 22.4 Å². The van der Waals surface area contributed by atoms with Crippen LogP contribution < -0.4 is 0 Å². The first-order chi connectivity index (χ1) is 11.6. The van der Waals surface area contributed by atoms with Gasteiger partial charge in [0.15, 0.2) is 0 Å². The molecule has 0 N–H and O–H groups in total. The van der Waals surface area contributed by atoms with E-state index in [2.05, 4.69) is 10.1 Å². The zero-order valence-electron chi connectivity index (χ0n) is 13.3. The van der Waals surface area contributed by atoms with Crippen molar-refractivity contribution in [2.45, 2.75) is 19.8 Å². The van der Waals surface area contributed by atoms with E-state index in [-0.39, 0.29) is 11.6 Å². The Kier molecular flexibility index (Phi) is 3.52. The van der Waals surface area contributed by atoms with Crippen molar-refractivity contribution in [3.63, 3.8) is 0 Å². The predicted octanol–water partition coefficient (Wildman–Crippen LogP) is 3.57. The second-order valence-corrected chi connectivity index (χ2v) is 6.00. The van der Waals surface area contributed by atoms with Gasteiger partial charge >= 0.3 is 0 Å². The predicted molar refractivity (Wildman–Crippen MR) is 87.1 cm³/mol. The maximum Gasteiger partial charge on any atom is 0.259 e. The quantitative estimate of drug-likeness (QED) is 0.723. The van der Waals surface area contributed by atoms with Gasteiger partial charge < -0.3 is 9.42 Å². The van der Waals surface area contributed by atoms with E-state index in [1.807, 2.05) is 4.90 Å². The largest absolute Gasteiger partial charge is 0.339 e. The average molecular weight is 325 g/mol. The monoisotopic (exact) mass is 325 g/mol. The van der Waals surface area contributed by atoms with Gasteiger partial charge in [-0.3, -0.25) is 4.79 Å². The van der Waals surface area contributed by atoms with Crippen LogP contribution in [-0.2, 0) is 0 Å². The zero-order valence-corrected chi connectivity index (χ0v) is 13.3. The fourth-order valence-electron chi connectivity index (χ4n) is 3.17. The molecule has 0 bridgehead atoms. The topological polar surface area (TPSA) is 59.2 Å². The third kappa shape index (κ3) is 2.35. The minimum atomic E-state index is -0.409. The molecular weight excluding hydrogens is 309 g/mol. The van der Waals surface area contributed by atoms with E-state index < -0.39 is 5.82 Å². The Morgan fingerprint density at radius 1 is 1.25 bits per heavy atom. The maximum atomic E-state index is 14.2. The minimum absolute atomic E-state index is 0.0798. The molecule has 2 aromatic heterocycles.